The lowest BCUT2D eigenvalue weighted by Gasteiger charge is -2.35. The number of ether oxygens (including phenoxy) is 2. The lowest BCUT2D eigenvalue weighted by atomic mass is 10.1. The summed E-state index contributed by atoms with van der Waals surface area (Å²) in [4.78, 5) is 11.2. The largest absolute Gasteiger partial charge is 0.347 e. The Hall–Kier alpha value is -1.43. The van der Waals surface area contributed by atoms with Gasteiger partial charge in [-0.15, -0.1) is 0 Å². The van der Waals surface area contributed by atoms with E-state index < -0.39 is 0 Å². The Bertz CT molecular complexity index is 396. The van der Waals surface area contributed by atoms with Crippen LogP contribution in [0.25, 0.3) is 0 Å². The molecule has 0 aromatic heterocycles. The maximum Gasteiger partial charge on any atom is 0.234 e. The van der Waals surface area contributed by atoms with Crippen molar-refractivity contribution in [1.29, 1.82) is 0 Å². The molecule has 1 heterocycles. The van der Waals surface area contributed by atoms with Gasteiger partial charge in [-0.2, -0.15) is 0 Å². The summed E-state index contributed by atoms with van der Waals surface area (Å²) < 4.78 is 11.4. The van der Waals surface area contributed by atoms with E-state index in [4.69, 9.17) is 15.2 Å². The second-order valence-corrected chi connectivity index (χ2v) is 4.30. The summed E-state index contributed by atoms with van der Waals surface area (Å²) in [6.45, 7) is 2.32. The van der Waals surface area contributed by atoms with Gasteiger partial charge in [0.05, 0.1) is 25.3 Å². The zero-order valence-corrected chi connectivity index (χ0v) is 10.3. The Labute approximate surface area is 106 Å². The van der Waals surface area contributed by atoms with E-state index in [9.17, 15) is 4.79 Å². The van der Waals surface area contributed by atoms with Gasteiger partial charge < -0.3 is 20.5 Å². The summed E-state index contributed by atoms with van der Waals surface area (Å²) in [5.41, 5.74) is 6.24. The van der Waals surface area contributed by atoms with E-state index in [0.717, 1.165) is 5.56 Å². The summed E-state index contributed by atoms with van der Waals surface area (Å²) in [5, 5.41) is 2.78. The van der Waals surface area contributed by atoms with Crippen molar-refractivity contribution in [3.05, 3.63) is 35.9 Å². The topological polar surface area (TPSA) is 73.6 Å². The Morgan fingerprint density at radius 2 is 2.17 bits per heavy atom. The number of carbonyl (C=O) groups is 1. The Kier molecular flexibility index (Phi) is 4.30. The number of nitrogens with two attached hydrogens (primary N) is 1. The van der Waals surface area contributed by atoms with Crippen molar-refractivity contribution in [3.8, 4) is 0 Å². The molecule has 5 heteroatoms. The molecule has 1 fully saturated rings. The monoisotopic (exact) mass is 250 g/mol. The van der Waals surface area contributed by atoms with E-state index in [1.54, 1.807) is 0 Å². The fourth-order valence-electron chi connectivity index (χ4n) is 1.87. The molecule has 0 spiro atoms. The summed E-state index contributed by atoms with van der Waals surface area (Å²) in [6.07, 6.45) is -0.480. The Balaban J connectivity index is 1.94. The van der Waals surface area contributed by atoms with Gasteiger partial charge in [-0.05, 0) is 6.92 Å². The molecule has 0 radical (unpaired) electrons. The summed E-state index contributed by atoms with van der Waals surface area (Å²) in [7, 11) is 0. The molecule has 18 heavy (non-hydrogen) atoms. The van der Waals surface area contributed by atoms with Crippen molar-refractivity contribution in [3.63, 3.8) is 0 Å². The van der Waals surface area contributed by atoms with Gasteiger partial charge in [-0.25, -0.2) is 0 Å². The van der Waals surface area contributed by atoms with Crippen LogP contribution in [0, 0.1) is 0 Å². The third-order valence-electron chi connectivity index (χ3n) is 2.94. The molecule has 0 bridgehead atoms. The van der Waals surface area contributed by atoms with Gasteiger partial charge in [0.15, 0.2) is 6.29 Å². The standard InChI is InChI=1S/C13H18N2O3/c1-9-11(15-12(16)7-14)8-17-13(18-9)10-5-3-2-4-6-10/h2-6,9,11,13H,7-8,14H2,1H3,(H,15,16)/t9-,11-,13+/m1/s1. The van der Waals surface area contributed by atoms with Crippen LogP contribution in [0.3, 0.4) is 0 Å². The smallest absolute Gasteiger partial charge is 0.234 e. The van der Waals surface area contributed by atoms with Crippen LogP contribution in [0.4, 0.5) is 0 Å². The lowest BCUT2D eigenvalue weighted by molar-refractivity contribution is -0.224. The average molecular weight is 250 g/mol. The number of rotatable bonds is 3. The predicted octanol–water partition coefficient (Wildman–Crippen LogP) is 0.564. The van der Waals surface area contributed by atoms with Crippen LogP contribution in [0.5, 0.6) is 0 Å². The van der Waals surface area contributed by atoms with Crippen molar-refractivity contribution in [2.45, 2.75) is 25.4 Å². The maximum absolute atomic E-state index is 11.2. The van der Waals surface area contributed by atoms with Crippen molar-refractivity contribution in [2.75, 3.05) is 13.2 Å². The quantitative estimate of drug-likeness (QED) is 0.822. The molecule has 1 saturated heterocycles. The van der Waals surface area contributed by atoms with Gasteiger partial charge in [-0.3, -0.25) is 4.79 Å². The zero-order chi connectivity index (χ0) is 13.0. The molecule has 0 saturated carbocycles. The molecule has 0 unspecified atom stereocenters. The van der Waals surface area contributed by atoms with E-state index >= 15 is 0 Å². The molecule has 3 N–H and O–H groups in total. The fraction of sp³-hybridized carbons (Fsp3) is 0.462. The Morgan fingerprint density at radius 3 is 2.78 bits per heavy atom. The number of carbonyl (C=O) groups excluding carboxylic acids is 1. The summed E-state index contributed by atoms with van der Waals surface area (Å²) >= 11 is 0. The van der Waals surface area contributed by atoms with Crippen LogP contribution in [-0.2, 0) is 14.3 Å². The fourth-order valence-corrected chi connectivity index (χ4v) is 1.87. The molecule has 98 valence electrons. The highest BCUT2D eigenvalue weighted by Crippen LogP contribution is 2.25. The van der Waals surface area contributed by atoms with Gasteiger partial charge in [0.25, 0.3) is 0 Å². The molecule has 1 amide bonds. The number of hydrogen-bond donors (Lipinski definition) is 2. The second-order valence-electron chi connectivity index (χ2n) is 4.30. The number of benzene rings is 1. The third kappa shape index (κ3) is 3.07. The predicted molar refractivity (Wildman–Crippen MR) is 66.7 cm³/mol. The number of hydrogen-bond acceptors (Lipinski definition) is 4. The normalized spacial score (nSPS) is 27.8. The number of nitrogens with one attached hydrogen (secondary N) is 1. The third-order valence-corrected chi connectivity index (χ3v) is 2.94. The van der Waals surface area contributed by atoms with Gasteiger partial charge in [0.1, 0.15) is 0 Å². The maximum atomic E-state index is 11.2. The second kappa shape index (κ2) is 5.95. The molecular weight excluding hydrogens is 232 g/mol. The van der Waals surface area contributed by atoms with Crippen molar-refractivity contribution in [1.82, 2.24) is 5.32 Å². The molecule has 1 aromatic rings. The molecule has 1 aliphatic heterocycles. The van der Waals surface area contributed by atoms with Crippen molar-refractivity contribution in [2.24, 2.45) is 5.73 Å². The van der Waals surface area contributed by atoms with Crippen LogP contribution in [-0.4, -0.2) is 31.2 Å². The number of amides is 1. The molecule has 0 aliphatic carbocycles. The van der Waals surface area contributed by atoms with Crippen LogP contribution in [0.15, 0.2) is 30.3 Å². The lowest BCUT2D eigenvalue weighted by Crippen LogP contribution is -2.51. The van der Waals surface area contributed by atoms with E-state index in [1.807, 2.05) is 37.3 Å². The first-order valence-electron chi connectivity index (χ1n) is 6.02. The summed E-state index contributed by atoms with van der Waals surface area (Å²) in [5.74, 6) is -0.197. The minimum Gasteiger partial charge on any atom is -0.347 e. The molecule has 2 rings (SSSR count). The minimum absolute atomic E-state index is 0.0225. The van der Waals surface area contributed by atoms with Crippen LogP contribution in [0.2, 0.25) is 0 Å². The van der Waals surface area contributed by atoms with E-state index in [1.165, 1.54) is 0 Å². The molecule has 5 nitrogen and oxygen atoms in total. The molecular formula is C13H18N2O3. The first-order chi connectivity index (χ1) is 8.70. The van der Waals surface area contributed by atoms with Crippen LogP contribution >= 0.6 is 0 Å². The zero-order valence-electron chi connectivity index (χ0n) is 10.3. The highest BCUT2D eigenvalue weighted by Gasteiger charge is 2.30. The van der Waals surface area contributed by atoms with E-state index in [-0.39, 0.29) is 30.9 Å². The van der Waals surface area contributed by atoms with Crippen molar-refractivity contribution < 1.29 is 14.3 Å². The SMILES string of the molecule is C[C@H]1O[C@@H](c2ccccc2)OC[C@H]1NC(=O)CN. The minimum atomic E-state index is -0.368. The van der Waals surface area contributed by atoms with Crippen LogP contribution < -0.4 is 11.1 Å². The van der Waals surface area contributed by atoms with Gasteiger partial charge in [0, 0.05) is 5.56 Å². The summed E-state index contributed by atoms with van der Waals surface area (Å²) in [6, 6.07) is 9.58. The van der Waals surface area contributed by atoms with Gasteiger partial charge in [-0.1, -0.05) is 30.3 Å². The van der Waals surface area contributed by atoms with E-state index in [0.29, 0.717) is 6.61 Å². The average Bonchev–Trinajstić information content (AvgIpc) is 2.42. The first-order valence-corrected chi connectivity index (χ1v) is 6.02. The highest BCUT2D eigenvalue weighted by atomic mass is 16.7. The molecule has 3 atom stereocenters. The Morgan fingerprint density at radius 1 is 1.44 bits per heavy atom. The molecule has 1 aromatic carbocycles. The van der Waals surface area contributed by atoms with Crippen molar-refractivity contribution >= 4 is 5.91 Å². The van der Waals surface area contributed by atoms with Crippen LogP contribution in [0.1, 0.15) is 18.8 Å². The van der Waals surface area contributed by atoms with Gasteiger partial charge >= 0.3 is 0 Å². The van der Waals surface area contributed by atoms with E-state index in [2.05, 4.69) is 5.32 Å². The first kappa shape index (κ1) is 13.0. The van der Waals surface area contributed by atoms with Gasteiger partial charge in [0.2, 0.25) is 5.91 Å². The molecule has 1 aliphatic rings. The highest BCUT2D eigenvalue weighted by molar-refractivity contribution is 5.78.